The number of fused-ring (bicyclic) bond motifs is 1. The highest BCUT2D eigenvalue weighted by molar-refractivity contribution is 5.69. The van der Waals surface area contributed by atoms with Crippen LogP contribution in [-0.2, 0) is 4.74 Å². The maximum Gasteiger partial charge on any atom is 0.410 e. The van der Waals surface area contributed by atoms with Gasteiger partial charge in [0.15, 0.2) is 0 Å². The molecule has 1 amide bonds. The first kappa shape index (κ1) is 11.7. The Balaban J connectivity index is 1.98. The van der Waals surface area contributed by atoms with Gasteiger partial charge in [-0.15, -0.1) is 0 Å². The van der Waals surface area contributed by atoms with Crippen molar-refractivity contribution < 1.29 is 9.53 Å². The second-order valence-electron chi connectivity index (χ2n) is 6.01. The average molecular weight is 226 g/mol. The molecule has 16 heavy (non-hydrogen) atoms. The van der Waals surface area contributed by atoms with Gasteiger partial charge in [-0.1, -0.05) is 0 Å². The SMILES string of the molecule is CN1C[C@H]2CCN(C(=O)OC(C)(C)C)[C@H]2C1. The Morgan fingerprint density at radius 2 is 2.00 bits per heavy atom. The van der Waals surface area contributed by atoms with Crippen molar-refractivity contribution in [3.63, 3.8) is 0 Å². The summed E-state index contributed by atoms with van der Waals surface area (Å²) < 4.78 is 5.43. The Morgan fingerprint density at radius 3 is 2.62 bits per heavy atom. The summed E-state index contributed by atoms with van der Waals surface area (Å²) in [6.07, 6.45) is 0.976. The van der Waals surface area contributed by atoms with Crippen LogP contribution in [0, 0.1) is 5.92 Å². The normalized spacial score (nSPS) is 30.6. The molecule has 0 aromatic heterocycles. The minimum atomic E-state index is -0.389. The molecule has 2 heterocycles. The maximum atomic E-state index is 12.0. The molecule has 0 bridgehead atoms. The lowest BCUT2D eigenvalue weighted by atomic mass is 10.1. The van der Waals surface area contributed by atoms with Gasteiger partial charge in [0.25, 0.3) is 0 Å². The van der Waals surface area contributed by atoms with Crippen molar-refractivity contribution in [2.45, 2.75) is 38.8 Å². The summed E-state index contributed by atoms with van der Waals surface area (Å²) >= 11 is 0. The monoisotopic (exact) mass is 226 g/mol. The van der Waals surface area contributed by atoms with E-state index in [0.717, 1.165) is 26.1 Å². The van der Waals surface area contributed by atoms with E-state index in [4.69, 9.17) is 4.74 Å². The van der Waals surface area contributed by atoms with E-state index < -0.39 is 0 Å². The van der Waals surface area contributed by atoms with Gasteiger partial charge in [-0.25, -0.2) is 4.79 Å². The first-order valence-electron chi connectivity index (χ1n) is 6.05. The summed E-state index contributed by atoms with van der Waals surface area (Å²) in [6, 6.07) is 0.375. The molecule has 4 nitrogen and oxygen atoms in total. The van der Waals surface area contributed by atoms with Crippen molar-refractivity contribution in [1.29, 1.82) is 0 Å². The van der Waals surface area contributed by atoms with Crippen LogP contribution in [-0.4, -0.2) is 54.2 Å². The second kappa shape index (κ2) is 3.91. The molecule has 2 atom stereocenters. The van der Waals surface area contributed by atoms with Crippen LogP contribution in [0.15, 0.2) is 0 Å². The molecule has 0 aromatic carbocycles. The summed E-state index contributed by atoms with van der Waals surface area (Å²) in [4.78, 5) is 16.2. The smallest absolute Gasteiger partial charge is 0.410 e. The topological polar surface area (TPSA) is 32.8 Å². The fourth-order valence-corrected chi connectivity index (χ4v) is 2.72. The Labute approximate surface area is 97.5 Å². The summed E-state index contributed by atoms with van der Waals surface area (Å²) in [5.41, 5.74) is -0.389. The summed E-state index contributed by atoms with van der Waals surface area (Å²) in [5, 5.41) is 0. The Morgan fingerprint density at radius 1 is 1.31 bits per heavy atom. The van der Waals surface area contributed by atoms with Crippen LogP contribution >= 0.6 is 0 Å². The third-order valence-corrected chi connectivity index (χ3v) is 3.36. The number of amides is 1. The zero-order valence-electron chi connectivity index (χ0n) is 10.7. The van der Waals surface area contributed by atoms with Gasteiger partial charge in [-0.3, -0.25) is 0 Å². The van der Waals surface area contributed by atoms with Gasteiger partial charge in [-0.05, 0) is 40.2 Å². The zero-order chi connectivity index (χ0) is 11.9. The molecule has 0 saturated carbocycles. The summed E-state index contributed by atoms with van der Waals surface area (Å²) in [6.45, 7) is 8.71. The van der Waals surface area contributed by atoms with Gasteiger partial charge < -0.3 is 14.5 Å². The highest BCUT2D eigenvalue weighted by atomic mass is 16.6. The molecular formula is C12H22N2O2. The molecule has 0 aromatic rings. The molecule has 2 saturated heterocycles. The van der Waals surface area contributed by atoms with Gasteiger partial charge in [0.2, 0.25) is 0 Å². The molecule has 2 aliphatic heterocycles. The van der Waals surface area contributed by atoms with Crippen LogP contribution in [0.5, 0.6) is 0 Å². The lowest BCUT2D eigenvalue weighted by Crippen LogP contribution is -2.42. The fraction of sp³-hybridized carbons (Fsp3) is 0.917. The third kappa shape index (κ3) is 2.32. The summed E-state index contributed by atoms with van der Waals surface area (Å²) in [7, 11) is 2.12. The van der Waals surface area contributed by atoms with E-state index in [1.54, 1.807) is 0 Å². The van der Waals surface area contributed by atoms with Gasteiger partial charge in [0, 0.05) is 19.6 Å². The molecule has 4 heteroatoms. The van der Waals surface area contributed by atoms with Crippen molar-refractivity contribution in [3.05, 3.63) is 0 Å². The van der Waals surface area contributed by atoms with Gasteiger partial charge in [0.1, 0.15) is 5.60 Å². The third-order valence-electron chi connectivity index (χ3n) is 3.36. The van der Waals surface area contributed by atoms with Crippen LogP contribution in [0.25, 0.3) is 0 Å². The molecule has 0 radical (unpaired) electrons. The Bertz CT molecular complexity index is 285. The molecule has 92 valence electrons. The van der Waals surface area contributed by atoms with E-state index in [1.165, 1.54) is 0 Å². The van der Waals surface area contributed by atoms with Crippen molar-refractivity contribution in [2.75, 3.05) is 26.7 Å². The van der Waals surface area contributed by atoms with Gasteiger partial charge in [0.05, 0.1) is 6.04 Å². The Kier molecular flexibility index (Phi) is 2.86. The molecule has 0 aliphatic carbocycles. The zero-order valence-corrected chi connectivity index (χ0v) is 10.7. The lowest BCUT2D eigenvalue weighted by Gasteiger charge is -2.28. The second-order valence-corrected chi connectivity index (χ2v) is 6.01. The first-order chi connectivity index (χ1) is 7.37. The highest BCUT2D eigenvalue weighted by Gasteiger charge is 2.43. The number of nitrogens with zero attached hydrogens (tertiary/aromatic N) is 2. The highest BCUT2D eigenvalue weighted by Crippen LogP contribution is 2.31. The number of carbonyl (C=O) groups excluding carboxylic acids is 1. The van der Waals surface area contributed by atoms with E-state index in [2.05, 4.69) is 11.9 Å². The van der Waals surface area contributed by atoms with E-state index in [0.29, 0.717) is 12.0 Å². The number of ether oxygens (including phenoxy) is 1. The van der Waals surface area contributed by atoms with Crippen molar-refractivity contribution in [2.24, 2.45) is 5.92 Å². The molecule has 2 rings (SSSR count). The van der Waals surface area contributed by atoms with E-state index in [9.17, 15) is 4.79 Å². The van der Waals surface area contributed by atoms with E-state index >= 15 is 0 Å². The Hall–Kier alpha value is -0.770. The number of hydrogen-bond donors (Lipinski definition) is 0. The van der Waals surface area contributed by atoms with Crippen LogP contribution in [0.1, 0.15) is 27.2 Å². The quantitative estimate of drug-likeness (QED) is 0.628. The van der Waals surface area contributed by atoms with Crippen molar-refractivity contribution in [3.8, 4) is 0 Å². The van der Waals surface area contributed by atoms with E-state index in [1.807, 2.05) is 25.7 Å². The predicted molar refractivity (Wildman–Crippen MR) is 62.3 cm³/mol. The van der Waals surface area contributed by atoms with E-state index in [-0.39, 0.29) is 11.7 Å². The molecule has 0 spiro atoms. The van der Waals surface area contributed by atoms with Crippen molar-refractivity contribution >= 4 is 6.09 Å². The summed E-state index contributed by atoms with van der Waals surface area (Å²) in [5.74, 6) is 0.650. The first-order valence-corrected chi connectivity index (χ1v) is 6.05. The standard InChI is InChI=1S/C12H22N2O2/c1-12(2,3)16-11(15)14-6-5-9-7-13(4)8-10(9)14/h9-10H,5-8H2,1-4H3/t9-,10+/m1/s1. The average Bonchev–Trinajstić information content (AvgIpc) is 2.58. The number of hydrogen-bond acceptors (Lipinski definition) is 3. The molecule has 2 aliphatic rings. The van der Waals surface area contributed by atoms with Gasteiger partial charge in [-0.2, -0.15) is 0 Å². The molecule has 2 fully saturated rings. The molecule has 0 unspecified atom stereocenters. The minimum Gasteiger partial charge on any atom is -0.444 e. The molecule has 0 N–H and O–H groups in total. The van der Waals surface area contributed by atoms with Crippen LogP contribution < -0.4 is 0 Å². The number of likely N-dealkylation sites (N-methyl/N-ethyl adjacent to an activating group) is 1. The predicted octanol–water partition coefficient (Wildman–Crippen LogP) is 1.56. The number of likely N-dealkylation sites (tertiary alicyclic amines) is 2. The molecular weight excluding hydrogens is 204 g/mol. The van der Waals surface area contributed by atoms with Crippen LogP contribution in [0.4, 0.5) is 4.79 Å². The van der Waals surface area contributed by atoms with Crippen molar-refractivity contribution in [1.82, 2.24) is 9.80 Å². The van der Waals surface area contributed by atoms with Gasteiger partial charge >= 0.3 is 6.09 Å². The maximum absolute atomic E-state index is 12.0. The van der Waals surface area contributed by atoms with Crippen LogP contribution in [0.2, 0.25) is 0 Å². The fourth-order valence-electron chi connectivity index (χ4n) is 2.72. The minimum absolute atomic E-state index is 0.143. The number of rotatable bonds is 0. The van der Waals surface area contributed by atoms with Crippen LogP contribution in [0.3, 0.4) is 0 Å². The largest absolute Gasteiger partial charge is 0.444 e. The number of carbonyl (C=O) groups is 1. The lowest BCUT2D eigenvalue weighted by molar-refractivity contribution is 0.0220.